The minimum Gasteiger partial charge on any atom is -0.355 e. The molecule has 1 aliphatic heterocycles. The van der Waals surface area contributed by atoms with Gasteiger partial charge in [-0.1, -0.05) is 12.1 Å². The molecule has 1 N–H and O–H groups in total. The van der Waals surface area contributed by atoms with Crippen LogP contribution in [0.2, 0.25) is 0 Å². The Balaban J connectivity index is 1.38. The molecule has 0 atom stereocenters. The van der Waals surface area contributed by atoms with E-state index in [0.717, 1.165) is 48.6 Å². The van der Waals surface area contributed by atoms with E-state index in [-0.39, 0.29) is 11.8 Å². The highest BCUT2D eigenvalue weighted by Crippen LogP contribution is 2.23. The molecule has 7 heteroatoms. The molecule has 0 bridgehead atoms. The number of piperidine rings is 1. The normalized spacial score (nSPS) is 15.5. The van der Waals surface area contributed by atoms with Crippen molar-refractivity contribution < 1.29 is 4.79 Å². The highest BCUT2D eigenvalue weighted by atomic mass is 16.1. The number of hydrogen-bond donors (Lipinski definition) is 1. The van der Waals surface area contributed by atoms with Gasteiger partial charge in [0.15, 0.2) is 5.65 Å². The molecule has 0 saturated carbocycles. The van der Waals surface area contributed by atoms with Gasteiger partial charge in [-0.3, -0.25) is 4.79 Å². The molecule has 1 saturated heterocycles. The van der Waals surface area contributed by atoms with Crippen LogP contribution in [-0.2, 0) is 4.79 Å². The maximum absolute atomic E-state index is 12.5. The Hall–Kier alpha value is -2.96. The summed E-state index contributed by atoms with van der Waals surface area (Å²) in [4.78, 5) is 14.7. The second-order valence-corrected chi connectivity index (χ2v) is 6.45. The lowest BCUT2D eigenvalue weighted by Gasteiger charge is -2.32. The van der Waals surface area contributed by atoms with Gasteiger partial charge in [-0.15, -0.1) is 15.3 Å². The van der Waals surface area contributed by atoms with Crippen molar-refractivity contribution in [1.82, 2.24) is 19.8 Å². The summed E-state index contributed by atoms with van der Waals surface area (Å²) in [7, 11) is 0. The minimum absolute atomic E-state index is 0.0374. The van der Waals surface area contributed by atoms with Crippen LogP contribution < -0.4 is 10.2 Å². The third-order valence-electron chi connectivity index (χ3n) is 4.62. The van der Waals surface area contributed by atoms with E-state index in [2.05, 4.69) is 25.5 Å². The van der Waals surface area contributed by atoms with Crippen molar-refractivity contribution >= 4 is 23.1 Å². The Morgan fingerprint density at radius 3 is 2.84 bits per heavy atom. The topological polar surface area (TPSA) is 75.4 Å². The fraction of sp³-hybridized carbons (Fsp3) is 0.333. The van der Waals surface area contributed by atoms with E-state index in [1.54, 1.807) is 10.8 Å². The van der Waals surface area contributed by atoms with E-state index >= 15 is 0 Å². The molecule has 128 valence electrons. The maximum Gasteiger partial charge on any atom is 0.227 e. The van der Waals surface area contributed by atoms with Crippen molar-refractivity contribution in [3.05, 3.63) is 48.3 Å². The number of hydrogen-bond acceptors (Lipinski definition) is 5. The molecule has 2 aromatic heterocycles. The van der Waals surface area contributed by atoms with Crippen LogP contribution in [0.1, 0.15) is 18.4 Å². The highest BCUT2D eigenvalue weighted by molar-refractivity contribution is 5.92. The first kappa shape index (κ1) is 15.6. The third-order valence-corrected chi connectivity index (χ3v) is 4.62. The average Bonchev–Trinajstić information content (AvgIpc) is 3.09. The van der Waals surface area contributed by atoms with Crippen LogP contribution in [0.3, 0.4) is 0 Å². The molecule has 0 aliphatic carbocycles. The minimum atomic E-state index is 0.0374. The summed E-state index contributed by atoms with van der Waals surface area (Å²) < 4.78 is 1.67. The molecule has 3 heterocycles. The lowest BCUT2D eigenvalue weighted by atomic mass is 9.95. The number of amides is 1. The van der Waals surface area contributed by atoms with Crippen molar-refractivity contribution in [3.63, 3.8) is 0 Å². The first-order valence-electron chi connectivity index (χ1n) is 8.48. The number of carbonyl (C=O) groups excluding carboxylic acids is 1. The number of rotatable bonds is 3. The largest absolute Gasteiger partial charge is 0.355 e. The second-order valence-electron chi connectivity index (χ2n) is 6.45. The number of benzene rings is 1. The number of nitrogens with one attached hydrogen (secondary N) is 1. The molecule has 1 aromatic carbocycles. The number of fused-ring (bicyclic) bond motifs is 1. The smallest absolute Gasteiger partial charge is 0.227 e. The maximum atomic E-state index is 12.5. The van der Waals surface area contributed by atoms with Crippen LogP contribution in [0.4, 0.5) is 11.5 Å². The fourth-order valence-electron chi connectivity index (χ4n) is 3.22. The summed E-state index contributed by atoms with van der Waals surface area (Å²) >= 11 is 0. The Labute approximate surface area is 145 Å². The van der Waals surface area contributed by atoms with Crippen LogP contribution in [0.5, 0.6) is 0 Å². The van der Waals surface area contributed by atoms with Crippen LogP contribution in [0.15, 0.2) is 42.7 Å². The molecule has 0 spiro atoms. The van der Waals surface area contributed by atoms with Gasteiger partial charge in [-0.2, -0.15) is 4.52 Å². The number of anilines is 2. The predicted molar refractivity (Wildman–Crippen MR) is 95.5 cm³/mol. The zero-order chi connectivity index (χ0) is 17.2. The van der Waals surface area contributed by atoms with E-state index in [0.29, 0.717) is 0 Å². The molecule has 7 nitrogen and oxygen atoms in total. The third kappa shape index (κ3) is 3.31. The van der Waals surface area contributed by atoms with Gasteiger partial charge in [-0.25, -0.2) is 0 Å². The number of aromatic nitrogens is 4. The van der Waals surface area contributed by atoms with E-state index in [1.807, 2.05) is 43.3 Å². The Morgan fingerprint density at radius 1 is 1.20 bits per heavy atom. The second kappa shape index (κ2) is 6.51. The van der Waals surface area contributed by atoms with Gasteiger partial charge in [0.25, 0.3) is 0 Å². The SMILES string of the molecule is Cc1cccc(NC(=O)C2CCN(c3ccc4nncn4n3)CC2)c1. The molecule has 0 radical (unpaired) electrons. The van der Waals surface area contributed by atoms with Gasteiger partial charge in [0.05, 0.1) is 0 Å². The zero-order valence-corrected chi connectivity index (χ0v) is 14.1. The highest BCUT2D eigenvalue weighted by Gasteiger charge is 2.26. The predicted octanol–water partition coefficient (Wildman–Crippen LogP) is 2.29. The monoisotopic (exact) mass is 336 g/mol. The van der Waals surface area contributed by atoms with Crippen molar-refractivity contribution in [2.24, 2.45) is 5.92 Å². The molecular weight excluding hydrogens is 316 g/mol. The summed E-state index contributed by atoms with van der Waals surface area (Å²) in [6, 6.07) is 11.8. The van der Waals surface area contributed by atoms with Crippen LogP contribution >= 0.6 is 0 Å². The van der Waals surface area contributed by atoms with Gasteiger partial charge >= 0.3 is 0 Å². The summed E-state index contributed by atoms with van der Waals surface area (Å²) in [6.45, 7) is 3.65. The van der Waals surface area contributed by atoms with Gasteiger partial charge in [0.1, 0.15) is 12.1 Å². The molecule has 3 aromatic rings. The van der Waals surface area contributed by atoms with Gasteiger partial charge in [-0.05, 0) is 49.6 Å². The Kier molecular flexibility index (Phi) is 4.05. The first-order valence-corrected chi connectivity index (χ1v) is 8.48. The summed E-state index contributed by atoms with van der Waals surface area (Å²) in [5, 5.41) is 15.4. The molecule has 0 unspecified atom stereocenters. The van der Waals surface area contributed by atoms with Gasteiger partial charge in [0, 0.05) is 24.7 Å². The summed E-state index contributed by atoms with van der Waals surface area (Å²) in [6.07, 6.45) is 3.24. The van der Waals surface area contributed by atoms with Gasteiger partial charge < -0.3 is 10.2 Å². The van der Waals surface area contributed by atoms with Crippen LogP contribution in [0.25, 0.3) is 5.65 Å². The molecule has 4 rings (SSSR count). The standard InChI is InChI=1S/C18H20N6O/c1-13-3-2-4-15(11-13)20-18(25)14-7-9-23(10-8-14)17-6-5-16-21-19-12-24(16)22-17/h2-6,11-12,14H,7-10H2,1H3,(H,20,25). The molecule has 1 amide bonds. The molecule has 1 fully saturated rings. The van der Waals surface area contributed by atoms with Crippen LogP contribution in [-0.4, -0.2) is 38.8 Å². The quantitative estimate of drug-likeness (QED) is 0.794. The van der Waals surface area contributed by atoms with Crippen molar-refractivity contribution in [2.45, 2.75) is 19.8 Å². The van der Waals surface area contributed by atoms with E-state index in [4.69, 9.17) is 0 Å². The van der Waals surface area contributed by atoms with E-state index in [1.165, 1.54) is 0 Å². The summed E-state index contributed by atoms with van der Waals surface area (Å²) in [5.74, 6) is 1.03. The lowest BCUT2D eigenvalue weighted by molar-refractivity contribution is -0.120. The lowest BCUT2D eigenvalue weighted by Crippen LogP contribution is -2.38. The number of nitrogens with zero attached hydrogens (tertiary/aromatic N) is 5. The Morgan fingerprint density at radius 2 is 2.04 bits per heavy atom. The molecule has 1 aliphatic rings. The fourth-order valence-corrected chi connectivity index (χ4v) is 3.22. The summed E-state index contributed by atoms with van der Waals surface area (Å²) in [5.41, 5.74) is 2.74. The first-order chi connectivity index (χ1) is 12.2. The van der Waals surface area contributed by atoms with Crippen molar-refractivity contribution in [1.29, 1.82) is 0 Å². The van der Waals surface area contributed by atoms with E-state index in [9.17, 15) is 4.79 Å². The van der Waals surface area contributed by atoms with Gasteiger partial charge in [0.2, 0.25) is 5.91 Å². The Bertz CT molecular complexity index is 897. The van der Waals surface area contributed by atoms with Crippen molar-refractivity contribution in [2.75, 3.05) is 23.3 Å². The molecule has 25 heavy (non-hydrogen) atoms. The zero-order valence-electron chi connectivity index (χ0n) is 14.1. The van der Waals surface area contributed by atoms with E-state index < -0.39 is 0 Å². The average molecular weight is 336 g/mol. The molecular formula is C18H20N6O. The van der Waals surface area contributed by atoms with Crippen molar-refractivity contribution in [3.8, 4) is 0 Å². The van der Waals surface area contributed by atoms with Crippen LogP contribution in [0, 0.1) is 12.8 Å². The number of aryl methyl sites for hydroxylation is 1. The number of carbonyl (C=O) groups is 1.